The number of ketones is 1. The minimum absolute atomic E-state index is 0.156. The van der Waals surface area contributed by atoms with E-state index in [0.29, 0.717) is 6.42 Å². The Hall–Kier alpha value is -1.41. The van der Waals surface area contributed by atoms with E-state index in [-0.39, 0.29) is 5.78 Å². The van der Waals surface area contributed by atoms with E-state index in [9.17, 15) is 4.79 Å². The van der Waals surface area contributed by atoms with Gasteiger partial charge in [0, 0.05) is 17.5 Å². The van der Waals surface area contributed by atoms with Crippen molar-refractivity contribution in [2.75, 3.05) is 0 Å². The lowest BCUT2D eigenvalue weighted by molar-refractivity contribution is -0.113. The third kappa shape index (κ3) is 1.61. The van der Waals surface area contributed by atoms with Gasteiger partial charge in [-0.1, -0.05) is 30.3 Å². The van der Waals surface area contributed by atoms with Crippen molar-refractivity contribution < 1.29 is 4.79 Å². The maximum atomic E-state index is 11.9. The summed E-state index contributed by atoms with van der Waals surface area (Å²) in [6, 6.07) is 9.74. The lowest BCUT2D eigenvalue weighted by Gasteiger charge is -2.18. The van der Waals surface area contributed by atoms with E-state index in [0.717, 1.165) is 16.7 Å². The lowest BCUT2D eigenvalue weighted by atomic mass is 9.95. The fraction of sp³-hybridized carbons (Fsp3) is 0.308. The number of hydrogen-bond acceptors (Lipinski definition) is 2. The summed E-state index contributed by atoms with van der Waals surface area (Å²) in [7, 11) is 0. The van der Waals surface area contributed by atoms with Crippen LogP contribution in [-0.2, 0) is 4.79 Å². The molecule has 1 atom stereocenters. The van der Waals surface area contributed by atoms with Crippen molar-refractivity contribution in [2.45, 2.75) is 25.8 Å². The molecule has 78 valence electrons. The molecule has 0 saturated heterocycles. The summed E-state index contributed by atoms with van der Waals surface area (Å²) in [5.41, 5.74) is 8.38. The van der Waals surface area contributed by atoms with Crippen LogP contribution in [0.15, 0.2) is 35.9 Å². The Kier molecular flexibility index (Phi) is 2.24. The highest BCUT2D eigenvalue weighted by molar-refractivity contribution is 6.24. The molecule has 0 amide bonds. The van der Waals surface area contributed by atoms with Crippen LogP contribution in [0.3, 0.4) is 0 Å². The fourth-order valence-electron chi connectivity index (χ4n) is 2.03. The van der Waals surface area contributed by atoms with Gasteiger partial charge in [-0.25, -0.2) is 0 Å². The number of allylic oxidation sites excluding steroid dienone is 1. The van der Waals surface area contributed by atoms with E-state index in [1.807, 2.05) is 44.2 Å². The molecule has 0 heterocycles. The predicted molar refractivity (Wildman–Crippen MR) is 61.3 cm³/mol. The van der Waals surface area contributed by atoms with Crippen LogP contribution in [0, 0.1) is 0 Å². The normalized spacial score (nSPS) is 26.2. The molecule has 0 aliphatic heterocycles. The van der Waals surface area contributed by atoms with Gasteiger partial charge in [-0.05, 0) is 25.0 Å². The zero-order chi connectivity index (χ0) is 11.1. The average Bonchev–Trinajstić information content (AvgIpc) is 2.38. The Morgan fingerprint density at radius 1 is 1.27 bits per heavy atom. The Labute approximate surface area is 89.8 Å². The van der Waals surface area contributed by atoms with Crippen LogP contribution < -0.4 is 5.73 Å². The van der Waals surface area contributed by atoms with Gasteiger partial charge in [0.15, 0.2) is 5.78 Å². The summed E-state index contributed by atoms with van der Waals surface area (Å²) in [4.78, 5) is 11.9. The summed E-state index contributed by atoms with van der Waals surface area (Å²) in [5, 5.41) is 0. The van der Waals surface area contributed by atoms with Gasteiger partial charge in [-0.15, -0.1) is 0 Å². The molecule has 1 aromatic rings. The summed E-state index contributed by atoms with van der Waals surface area (Å²) >= 11 is 0. The smallest absolute Gasteiger partial charge is 0.165 e. The molecule has 1 aromatic carbocycles. The number of carbonyl (C=O) groups is 1. The van der Waals surface area contributed by atoms with Crippen LogP contribution in [0.5, 0.6) is 0 Å². The average molecular weight is 201 g/mol. The van der Waals surface area contributed by atoms with Crippen molar-refractivity contribution in [2.24, 2.45) is 5.73 Å². The lowest BCUT2D eigenvalue weighted by Crippen LogP contribution is -2.35. The van der Waals surface area contributed by atoms with Gasteiger partial charge in [0.2, 0.25) is 0 Å². The Balaban J connectivity index is 2.54. The van der Waals surface area contributed by atoms with Crippen molar-refractivity contribution in [3.8, 4) is 0 Å². The molecule has 2 N–H and O–H groups in total. The maximum absolute atomic E-state index is 11.9. The summed E-state index contributed by atoms with van der Waals surface area (Å²) in [6.07, 6.45) is 0.420. The molecule has 0 radical (unpaired) electrons. The second-order valence-electron chi connectivity index (χ2n) is 4.38. The van der Waals surface area contributed by atoms with E-state index in [1.165, 1.54) is 0 Å². The molecule has 0 bridgehead atoms. The van der Waals surface area contributed by atoms with Crippen molar-refractivity contribution >= 4 is 11.4 Å². The van der Waals surface area contributed by atoms with Crippen molar-refractivity contribution in [1.82, 2.24) is 0 Å². The highest BCUT2D eigenvalue weighted by atomic mass is 16.1. The number of Topliss-reactive ketones (excluding diaryl/α,β-unsaturated/α-hetero) is 1. The minimum Gasteiger partial charge on any atom is -0.322 e. The monoisotopic (exact) mass is 201 g/mol. The Morgan fingerprint density at radius 3 is 2.33 bits per heavy atom. The quantitative estimate of drug-likeness (QED) is 0.756. The number of benzene rings is 1. The first-order valence-electron chi connectivity index (χ1n) is 5.11. The fourth-order valence-corrected chi connectivity index (χ4v) is 2.03. The highest BCUT2D eigenvalue weighted by Gasteiger charge is 2.36. The molecule has 2 heteroatoms. The summed E-state index contributed by atoms with van der Waals surface area (Å²) < 4.78 is 0. The summed E-state index contributed by atoms with van der Waals surface area (Å²) in [5.74, 6) is 0.156. The van der Waals surface area contributed by atoms with E-state index in [4.69, 9.17) is 5.73 Å². The second-order valence-corrected chi connectivity index (χ2v) is 4.38. The molecule has 0 aromatic heterocycles. The molecule has 2 nitrogen and oxygen atoms in total. The zero-order valence-corrected chi connectivity index (χ0v) is 9.08. The third-order valence-electron chi connectivity index (χ3n) is 3.10. The number of hydrogen-bond donors (Lipinski definition) is 1. The minimum atomic E-state index is -0.470. The van der Waals surface area contributed by atoms with E-state index >= 15 is 0 Å². The van der Waals surface area contributed by atoms with Gasteiger partial charge < -0.3 is 5.73 Å². The van der Waals surface area contributed by atoms with Crippen LogP contribution in [0.1, 0.15) is 25.8 Å². The van der Waals surface area contributed by atoms with Gasteiger partial charge in [0.1, 0.15) is 0 Å². The highest BCUT2D eigenvalue weighted by Crippen LogP contribution is 2.36. The number of carbonyl (C=O) groups excluding carboxylic acids is 1. The van der Waals surface area contributed by atoms with E-state index in [2.05, 4.69) is 0 Å². The van der Waals surface area contributed by atoms with Gasteiger partial charge in [0.05, 0.1) is 0 Å². The third-order valence-corrected chi connectivity index (χ3v) is 3.10. The van der Waals surface area contributed by atoms with Crippen LogP contribution in [0.4, 0.5) is 0 Å². The van der Waals surface area contributed by atoms with Crippen LogP contribution in [0.2, 0.25) is 0 Å². The van der Waals surface area contributed by atoms with Crippen molar-refractivity contribution in [1.29, 1.82) is 0 Å². The first kappa shape index (κ1) is 10.1. The second kappa shape index (κ2) is 3.31. The van der Waals surface area contributed by atoms with Crippen LogP contribution >= 0.6 is 0 Å². The number of rotatable bonds is 1. The molecule has 2 rings (SSSR count). The van der Waals surface area contributed by atoms with E-state index < -0.39 is 5.54 Å². The van der Waals surface area contributed by atoms with Gasteiger partial charge >= 0.3 is 0 Å². The molecular weight excluding hydrogens is 186 g/mol. The largest absolute Gasteiger partial charge is 0.322 e. The Bertz CT molecular complexity index is 429. The molecule has 1 unspecified atom stereocenters. The zero-order valence-electron chi connectivity index (χ0n) is 9.08. The molecule has 1 aliphatic rings. The first-order chi connectivity index (χ1) is 7.02. The molecule has 0 fully saturated rings. The van der Waals surface area contributed by atoms with Crippen LogP contribution in [-0.4, -0.2) is 11.3 Å². The standard InChI is InChI=1S/C13H15NO/c1-9-12(10-6-4-3-5-7-10)11(15)8-13(9,2)14/h3-7H,8,14H2,1-2H3. The molecule has 0 saturated carbocycles. The predicted octanol–water partition coefficient (Wildman–Crippen LogP) is 2.15. The molecular formula is C13H15NO. The Morgan fingerprint density at radius 2 is 1.87 bits per heavy atom. The molecule has 0 spiro atoms. The number of nitrogens with two attached hydrogens (primary N) is 1. The van der Waals surface area contributed by atoms with Gasteiger partial charge in [-0.2, -0.15) is 0 Å². The molecule has 1 aliphatic carbocycles. The van der Waals surface area contributed by atoms with Gasteiger partial charge in [0.25, 0.3) is 0 Å². The van der Waals surface area contributed by atoms with Crippen LogP contribution in [0.25, 0.3) is 5.57 Å². The van der Waals surface area contributed by atoms with Crippen molar-refractivity contribution in [3.05, 3.63) is 41.5 Å². The topological polar surface area (TPSA) is 43.1 Å². The molecule has 15 heavy (non-hydrogen) atoms. The van der Waals surface area contributed by atoms with E-state index in [1.54, 1.807) is 0 Å². The first-order valence-corrected chi connectivity index (χ1v) is 5.11. The van der Waals surface area contributed by atoms with Crippen molar-refractivity contribution in [3.63, 3.8) is 0 Å². The summed E-state index contributed by atoms with van der Waals surface area (Å²) in [6.45, 7) is 3.86. The SMILES string of the molecule is CC1=C(c2ccccc2)C(=O)CC1(C)N. The maximum Gasteiger partial charge on any atom is 0.165 e. The van der Waals surface area contributed by atoms with Gasteiger partial charge in [-0.3, -0.25) is 4.79 Å².